The smallest absolute Gasteiger partial charge is 0.269 e. The highest BCUT2D eigenvalue weighted by Gasteiger charge is 2.23. The van der Waals surface area contributed by atoms with E-state index in [0.717, 1.165) is 11.1 Å². The predicted octanol–water partition coefficient (Wildman–Crippen LogP) is 5.53. The Morgan fingerprint density at radius 1 is 0.867 bits per heavy atom. The first-order valence-corrected chi connectivity index (χ1v) is 9.40. The predicted molar refractivity (Wildman–Crippen MR) is 116 cm³/mol. The van der Waals surface area contributed by atoms with E-state index in [0.29, 0.717) is 33.4 Å². The van der Waals surface area contributed by atoms with Gasteiger partial charge in [0, 0.05) is 35.7 Å². The Bertz CT molecular complexity index is 1480. The number of nitro benzene ring substituents is 1. The van der Waals surface area contributed by atoms with Crippen LogP contribution in [0.3, 0.4) is 0 Å². The van der Waals surface area contributed by atoms with E-state index in [1.165, 1.54) is 12.1 Å². The fraction of sp³-hybridized carbons (Fsp3) is 0.0417. The normalized spacial score (nSPS) is 11.2. The first kappa shape index (κ1) is 17.9. The SMILES string of the molecule is Cn1c2ccccc2c(=O)c2c(-c3ccc([N+](=O)[O-])cc3)c(-c3ccccc3)oc21. The number of furan rings is 1. The molecule has 0 fully saturated rings. The molecule has 0 amide bonds. The molecule has 0 spiro atoms. The van der Waals surface area contributed by atoms with Crippen LogP contribution in [0.4, 0.5) is 5.69 Å². The van der Waals surface area contributed by atoms with Crippen LogP contribution in [-0.4, -0.2) is 9.49 Å². The molecule has 2 heterocycles. The van der Waals surface area contributed by atoms with Crippen LogP contribution in [-0.2, 0) is 7.05 Å². The monoisotopic (exact) mass is 396 g/mol. The zero-order valence-corrected chi connectivity index (χ0v) is 16.0. The van der Waals surface area contributed by atoms with Gasteiger partial charge >= 0.3 is 0 Å². The molecule has 0 unspecified atom stereocenters. The largest absolute Gasteiger partial charge is 0.439 e. The van der Waals surface area contributed by atoms with Crippen LogP contribution < -0.4 is 5.43 Å². The van der Waals surface area contributed by atoms with Crippen molar-refractivity contribution in [1.82, 2.24) is 4.57 Å². The Morgan fingerprint density at radius 3 is 2.23 bits per heavy atom. The summed E-state index contributed by atoms with van der Waals surface area (Å²) in [6.07, 6.45) is 0. The molecule has 30 heavy (non-hydrogen) atoms. The quantitative estimate of drug-likeness (QED) is 0.297. The Hall–Kier alpha value is -4.19. The Balaban J connectivity index is 1.93. The molecule has 3 aromatic carbocycles. The molecular formula is C24H16N2O4. The van der Waals surface area contributed by atoms with Crippen molar-refractivity contribution in [2.24, 2.45) is 7.05 Å². The highest BCUT2D eigenvalue weighted by Crippen LogP contribution is 2.40. The average Bonchev–Trinajstić information content (AvgIpc) is 3.19. The summed E-state index contributed by atoms with van der Waals surface area (Å²) in [6, 6.07) is 23.1. The maximum Gasteiger partial charge on any atom is 0.269 e. The van der Waals surface area contributed by atoms with Gasteiger partial charge in [0.15, 0.2) is 0 Å². The highest BCUT2D eigenvalue weighted by molar-refractivity contribution is 6.04. The summed E-state index contributed by atoms with van der Waals surface area (Å²) in [5.41, 5.74) is 3.25. The fourth-order valence-electron chi connectivity index (χ4n) is 3.89. The van der Waals surface area contributed by atoms with Gasteiger partial charge in [-0.1, -0.05) is 42.5 Å². The molecule has 0 saturated carbocycles. The average molecular weight is 396 g/mol. The van der Waals surface area contributed by atoms with Crippen molar-refractivity contribution in [3.8, 4) is 22.5 Å². The van der Waals surface area contributed by atoms with Gasteiger partial charge in [0.1, 0.15) is 5.76 Å². The van der Waals surface area contributed by atoms with Crippen molar-refractivity contribution in [2.45, 2.75) is 0 Å². The number of hydrogen-bond acceptors (Lipinski definition) is 4. The molecule has 0 aliphatic carbocycles. The number of pyridine rings is 1. The van der Waals surface area contributed by atoms with Gasteiger partial charge in [0.05, 0.1) is 15.8 Å². The van der Waals surface area contributed by atoms with E-state index in [1.807, 2.05) is 60.1 Å². The van der Waals surface area contributed by atoms with Gasteiger partial charge in [-0.2, -0.15) is 0 Å². The van der Waals surface area contributed by atoms with Crippen LogP contribution >= 0.6 is 0 Å². The zero-order chi connectivity index (χ0) is 20.8. The first-order chi connectivity index (χ1) is 14.6. The zero-order valence-electron chi connectivity index (χ0n) is 16.0. The molecule has 0 atom stereocenters. The van der Waals surface area contributed by atoms with Crippen molar-refractivity contribution in [1.29, 1.82) is 0 Å². The molecule has 6 heteroatoms. The summed E-state index contributed by atoms with van der Waals surface area (Å²) in [7, 11) is 1.86. The number of nitro groups is 1. The molecule has 5 aromatic rings. The molecule has 2 aromatic heterocycles. The minimum atomic E-state index is -0.443. The van der Waals surface area contributed by atoms with E-state index in [4.69, 9.17) is 4.42 Å². The number of rotatable bonds is 3. The summed E-state index contributed by atoms with van der Waals surface area (Å²) in [5.74, 6) is 0.558. The van der Waals surface area contributed by atoms with Gasteiger partial charge in [-0.3, -0.25) is 14.9 Å². The fourth-order valence-corrected chi connectivity index (χ4v) is 3.89. The van der Waals surface area contributed by atoms with E-state index in [1.54, 1.807) is 18.2 Å². The number of hydrogen-bond donors (Lipinski definition) is 0. The molecule has 5 rings (SSSR count). The Kier molecular flexibility index (Phi) is 3.99. The lowest BCUT2D eigenvalue weighted by molar-refractivity contribution is -0.384. The molecule has 0 radical (unpaired) electrons. The van der Waals surface area contributed by atoms with Crippen molar-refractivity contribution in [2.75, 3.05) is 0 Å². The second kappa shape index (κ2) is 6.70. The van der Waals surface area contributed by atoms with Crippen LogP contribution in [0.25, 0.3) is 44.5 Å². The number of non-ortho nitro benzene ring substituents is 1. The summed E-state index contributed by atoms with van der Waals surface area (Å²) >= 11 is 0. The molecule has 0 bridgehead atoms. The second-order valence-corrected chi connectivity index (χ2v) is 7.06. The van der Waals surface area contributed by atoms with E-state index in [9.17, 15) is 14.9 Å². The van der Waals surface area contributed by atoms with E-state index < -0.39 is 4.92 Å². The van der Waals surface area contributed by atoms with Gasteiger partial charge in [-0.15, -0.1) is 0 Å². The Morgan fingerprint density at radius 2 is 1.53 bits per heavy atom. The Labute approximate surface area is 170 Å². The third-order valence-electron chi connectivity index (χ3n) is 5.33. The molecule has 0 saturated heterocycles. The summed E-state index contributed by atoms with van der Waals surface area (Å²) in [4.78, 5) is 24.1. The standard InChI is InChI=1S/C24H16N2O4/c1-25-19-10-6-5-9-18(19)22(27)21-20(15-11-13-17(14-12-15)26(28)29)23(30-24(21)25)16-7-3-2-4-8-16/h2-14H,1H3. The summed E-state index contributed by atoms with van der Waals surface area (Å²) in [6.45, 7) is 0. The highest BCUT2D eigenvalue weighted by atomic mass is 16.6. The maximum absolute atomic E-state index is 13.5. The lowest BCUT2D eigenvalue weighted by Crippen LogP contribution is -2.08. The molecule has 0 N–H and O–H groups in total. The number of fused-ring (bicyclic) bond motifs is 2. The van der Waals surface area contributed by atoms with Gasteiger partial charge in [-0.05, 0) is 29.8 Å². The molecule has 6 nitrogen and oxygen atoms in total. The maximum atomic E-state index is 13.5. The third-order valence-corrected chi connectivity index (χ3v) is 5.33. The molecule has 146 valence electrons. The first-order valence-electron chi connectivity index (χ1n) is 9.40. The van der Waals surface area contributed by atoms with Crippen LogP contribution in [0.5, 0.6) is 0 Å². The second-order valence-electron chi connectivity index (χ2n) is 7.06. The number of aryl methyl sites for hydroxylation is 1. The number of aromatic nitrogens is 1. The van der Waals surface area contributed by atoms with Crippen LogP contribution in [0, 0.1) is 10.1 Å². The third kappa shape index (κ3) is 2.62. The van der Waals surface area contributed by atoms with Crippen LogP contribution in [0.2, 0.25) is 0 Å². The van der Waals surface area contributed by atoms with Gasteiger partial charge in [0.2, 0.25) is 11.1 Å². The van der Waals surface area contributed by atoms with Crippen molar-refractivity contribution in [3.05, 3.63) is 99.2 Å². The van der Waals surface area contributed by atoms with E-state index >= 15 is 0 Å². The van der Waals surface area contributed by atoms with Crippen LogP contribution in [0.15, 0.2) is 88.1 Å². The minimum Gasteiger partial charge on any atom is -0.439 e. The summed E-state index contributed by atoms with van der Waals surface area (Å²) < 4.78 is 8.13. The number of para-hydroxylation sites is 1. The van der Waals surface area contributed by atoms with E-state index in [2.05, 4.69) is 0 Å². The number of benzene rings is 3. The van der Waals surface area contributed by atoms with Gasteiger partial charge in [-0.25, -0.2) is 0 Å². The number of nitrogens with zero attached hydrogens (tertiary/aromatic N) is 2. The topological polar surface area (TPSA) is 78.3 Å². The summed E-state index contributed by atoms with van der Waals surface area (Å²) in [5, 5.41) is 12.1. The van der Waals surface area contributed by atoms with Gasteiger partial charge in [0.25, 0.3) is 5.69 Å². The van der Waals surface area contributed by atoms with Crippen molar-refractivity contribution >= 4 is 27.7 Å². The van der Waals surface area contributed by atoms with Gasteiger partial charge < -0.3 is 8.98 Å². The lowest BCUT2D eigenvalue weighted by Gasteiger charge is -2.06. The lowest BCUT2D eigenvalue weighted by atomic mass is 9.98. The molecule has 0 aliphatic rings. The minimum absolute atomic E-state index is 0.00818. The molecular weight excluding hydrogens is 380 g/mol. The molecule has 0 aliphatic heterocycles. The van der Waals surface area contributed by atoms with Crippen molar-refractivity contribution < 1.29 is 9.34 Å². The van der Waals surface area contributed by atoms with Crippen LogP contribution in [0.1, 0.15) is 0 Å². The van der Waals surface area contributed by atoms with Crippen molar-refractivity contribution in [3.63, 3.8) is 0 Å². The van der Waals surface area contributed by atoms with E-state index in [-0.39, 0.29) is 11.1 Å².